The first-order valence-corrected chi connectivity index (χ1v) is 9.62. The number of fused-ring (bicyclic) bond motifs is 1. The van der Waals surface area contributed by atoms with E-state index in [4.69, 9.17) is 0 Å². The predicted octanol–water partition coefficient (Wildman–Crippen LogP) is 4.96. The Morgan fingerprint density at radius 3 is 2.86 bits per heavy atom. The molecule has 0 spiro atoms. The zero-order valence-electron chi connectivity index (χ0n) is 13.7. The van der Waals surface area contributed by atoms with Gasteiger partial charge in [-0.2, -0.15) is 11.8 Å². The predicted molar refractivity (Wildman–Crippen MR) is 94.0 cm³/mol. The van der Waals surface area contributed by atoms with Crippen molar-refractivity contribution in [3.05, 3.63) is 35.4 Å². The molecule has 0 bridgehead atoms. The van der Waals surface area contributed by atoms with Gasteiger partial charge in [-0.05, 0) is 48.0 Å². The van der Waals surface area contributed by atoms with E-state index in [9.17, 15) is 0 Å². The molecule has 0 radical (unpaired) electrons. The summed E-state index contributed by atoms with van der Waals surface area (Å²) in [5.74, 6) is 1.24. The van der Waals surface area contributed by atoms with Crippen LogP contribution in [0.1, 0.15) is 63.6 Å². The third kappa shape index (κ3) is 3.17. The highest BCUT2D eigenvalue weighted by atomic mass is 32.2. The lowest BCUT2D eigenvalue weighted by atomic mass is 9.70. The summed E-state index contributed by atoms with van der Waals surface area (Å²) in [5, 5.41) is 4.90. The molecule has 1 saturated carbocycles. The second kappa shape index (κ2) is 6.34. The molecule has 0 saturated heterocycles. The highest BCUT2D eigenvalue weighted by molar-refractivity contribution is 7.99. The number of thioether (sulfide) groups is 1. The highest BCUT2D eigenvalue weighted by Crippen LogP contribution is 2.45. The molecular weight excluding hydrogens is 274 g/mol. The van der Waals surface area contributed by atoms with Crippen LogP contribution in [0.25, 0.3) is 0 Å². The maximum Gasteiger partial charge on any atom is 0.0377 e. The maximum absolute atomic E-state index is 4.08. The normalized spacial score (nSPS) is 31.1. The van der Waals surface area contributed by atoms with Gasteiger partial charge in [-0.3, -0.25) is 0 Å². The van der Waals surface area contributed by atoms with Gasteiger partial charge in [0.1, 0.15) is 0 Å². The van der Waals surface area contributed by atoms with Gasteiger partial charge in [0.25, 0.3) is 0 Å². The van der Waals surface area contributed by atoms with E-state index in [1.807, 2.05) is 0 Å². The summed E-state index contributed by atoms with van der Waals surface area (Å²) in [4.78, 5) is 0. The molecule has 0 aliphatic heterocycles. The molecule has 2 aliphatic rings. The van der Waals surface area contributed by atoms with Crippen molar-refractivity contribution in [2.24, 2.45) is 5.41 Å². The number of rotatable bonds is 4. The number of benzene rings is 1. The quantitative estimate of drug-likeness (QED) is 0.843. The Balaban J connectivity index is 1.82. The van der Waals surface area contributed by atoms with Gasteiger partial charge in [-0.1, -0.05) is 51.5 Å². The molecule has 1 fully saturated rings. The molecule has 0 aromatic heterocycles. The van der Waals surface area contributed by atoms with Gasteiger partial charge < -0.3 is 5.32 Å². The highest BCUT2D eigenvalue weighted by Gasteiger charge is 2.39. The molecule has 1 N–H and O–H groups in total. The number of hydrogen-bond acceptors (Lipinski definition) is 2. The van der Waals surface area contributed by atoms with E-state index in [0.29, 0.717) is 17.5 Å². The van der Waals surface area contributed by atoms with Crippen LogP contribution in [0.5, 0.6) is 0 Å². The van der Waals surface area contributed by atoms with Crippen molar-refractivity contribution in [1.82, 2.24) is 5.32 Å². The van der Waals surface area contributed by atoms with Crippen LogP contribution in [-0.4, -0.2) is 17.0 Å². The Morgan fingerprint density at radius 2 is 2.05 bits per heavy atom. The van der Waals surface area contributed by atoms with Crippen LogP contribution >= 0.6 is 11.8 Å². The van der Waals surface area contributed by atoms with E-state index in [1.54, 1.807) is 11.1 Å². The third-order valence-electron chi connectivity index (χ3n) is 5.40. The third-order valence-corrected chi connectivity index (χ3v) is 6.73. The summed E-state index contributed by atoms with van der Waals surface area (Å²) in [5.41, 5.74) is 3.48. The molecule has 2 heteroatoms. The van der Waals surface area contributed by atoms with Gasteiger partial charge in [0, 0.05) is 17.3 Å². The average Bonchev–Trinajstić information content (AvgIpc) is 2.90. The Morgan fingerprint density at radius 1 is 1.24 bits per heavy atom. The Kier molecular flexibility index (Phi) is 4.66. The zero-order valence-corrected chi connectivity index (χ0v) is 14.5. The first-order chi connectivity index (χ1) is 10.1. The van der Waals surface area contributed by atoms with Crippen molar-refractivity contribution in [2.45, 2.75) is 70.2 Å². The molecule has 3 unspecified atom stereocenters. The maximum atomic E-state index is 4.08. The molecule has 2 aliphatic carbocycles. The van der Waals surface area contributed by atoms with E-state index in [-0.39, 0.29) is 0 Å². The monoisotopic (exact) mass is 303 g/mol. The van der Waals surface area contributed by atoms with E-state index in [0.717, 1.165) is 5.25 Å². The molecule has 3 rings (SSSR count). The van der Waals surface area contributed by atoms with Gasteiger partial charge in [0.15, 0.2) is 0 Å². The lowest BCUT2D eigenvalue weighted by molar-refractivity contribution is 0.194. The molecule has 1 aromatic rings. The van der Waals surface area contributed by atoms with Gasteiger partial charge in [-0.15, -0.1) is 0 Å². The fourth-order valence-electron chi connectivity index (χ4n) is 4.13. The van der Waals surface area contributed by atoms with Crippen LogP contribution in [0.2, 0.25) is 0 Å². The van der Waals surface area contributed by atoms with E-state index in [2.05, 4.69) is 62.1 Å². The van der Waals surface area contributed by atoms with Crippen LogP contribution in [0.3, 0.4) is 0 Å². The van der Waals surface area contributed by atoms with Crippen LogP contribution in [-0.2, 0) is 6.42 Å². The molecule has 1 nitrogen and oxygen atoms in total. The summed E-state index contributed by atoms with van der Waals surface area (Å²) in [6.07, 6.45) is 6.67. The Hall–Kier alpha value is -0.470. The SMILES string of the molecule is CCSC1CCCC1NC1c2ccccc2CCC1(C)C. The fraction of sp³-hybridized carbons (Fsp3) is 0.684. The van der Waals surface area contributed by atoms with Crippen LogP contribution in [0.4, 0.5) is 0 Å². The molecule has 1 aromatic carbocycles. The molecule has 3 atom stereocenters. The molecule has 0 heterocycles. The van der Waals surface area contributed by atoms with E-state index in [1.165, 1.54) is 37.9 Å². The molecular formula is C19H29NS. The zero-order chi connectivity index (χ0) is 14.9. The largest absolute Gasteiger partial charge is 0.306 e. The average molecular weight is 304 g/mol. The smallest absolute Gasteiger partial charge is 0.0377 e. The van der Waals surface area contributed by atoms with Gasteiger partial charge in [0.05, 0.1) is 0 Å². The minimum Gasteiger partial charge on any atom is -0.306 e. The van der Waals surface area contributed by atoms with Crippen molar-refractivity contribution in [1.29, 1.82) is 0 Å². The van der Waals surface area contributed by atoms with Crippen LogP contribution in [0.15, 0.2) is 24.3 Å². The Bertz CT molecular complexity index is 482. The summed E-state index contributed by atoms with van der Waals surface area (Å²) >= 11 is 2.15. The summed E-state index contributed by atoms with van der Waals surface area (Å²) in [7, 11) is 0. The number of nitrogens with one attached hydrogen (secondary N) is 1. The van der Waals surface area contributed by atoms with Crippen LogP contribution in [0, 0.1) is 5.41 Å². The second-order valence-corrected chi connectivity index (χ2v) is 8.83. The summed E-state index contributed by atoms with van der Waals surface area (Å²) < 4.78 is 0. The first kappa shape index (κ1) is 15.4. The van der Waals surface area contributed by atoms with E-state index >= 15 is 0 Å². The first-order valence-electron chi connectivity index (χ1n) is 8.57. The van der Waals surface area contributed by atoms with E-state index < -0.39 is 0 Å². The number of hydrogen-bond donors (Lipinski definition) is 1. The van der Waals surface area contributed by atoms with Crippen molar-refractivity contribution in [2.75, 3.05) is 5.75 Å². The van der Waals surface area contributed by atoms with Crippen molar-refractivity contribution in [3.63, 3.8) is 0 Å². The number of aryl methyl sites for hydroxylation is 1. The summed E-state index contributed by atoms with van der Waals surface area (Å²) in [6.45, 7) is 7.18. The minimum absolute atomic E-state index is 0.359. The van der Waals surface area contributed by atoms with Gasteiger partial charge >= 0.3 is 0 Å². The second-order valence-electron chi connectivity index (χ2n) is 7.32. The van der Waals surface area contributed by atoms with Crippen LogP contribution < -0.4 is 5.32 Å². The molecule has 0 amide bonds. The van der Waals surface area contributed by atoms with Gasteiger partial charge in [-0.25, -0.2) is 0 Å². The lowest BCUT2D eigenvalue weighted by Gasteiger charge is -2.43. The van der Waals surface area contributed by atoms with Crippen molar-refractivity contribution < 1.29 is 0 Å². The van der Waals surface area contributed by atoms with Gasteiger partial charge in [0.2, 0.25) is 0 Å². The molecule has 21 heavy (non-hydrogen) atoms. The Labute approximate surface area is 134 Å². The fourth-order valence-corrected chi connectivity index (χ4v) is 5.33. The van der Waals surface area contributed by atoms with Crippen molar-refractivity contribution in [3.8, 4) is 0 Å². The topological polar surface area (TPSA) is 12.0 Å². The summed E-state index contributed by atoms with van der Waals surface area (Å²) in [6, 6.07) is 10.3. The molecule has 116 valence electrons. The lowest BCUT2D eigenvalue weighted by Crippen LogP contribution is -2.45. The minimum atomic E-state index is 0.359. The van der Waals surface area contributed by atoms with Crippen molar-refractivity contribution >= 4 is 11.8 Å². The standard InChI is InChI=1S/C19H29NS/c1-4-21-17-11-7-10-16(17)20-18-15-9-6-5-8-14(15)12-13-19(18,2)3/h5-6,8-9,16-18,20H,4,7,10-13H2,1-3H3.